The van der Waals surface area contributed by atoms with Crippen LogP contribution in [0.1, 0.15) is 35.7 Å². The number of fused-ring (bicyclic) bond motifs is 1. The molecule has 2 aromatic carbocycles. The summed E-state index contributed by atoms with van der Waals surface area (Å²) in [5.74, 6) is 1.59. The van der Waals surface area contributed by atoms with Crippen molar-refractivity contribution in [1.29, 1.82) is 0 Å². The zero-order chi connectivity index (χ0) is 18.8. The Bertz CT molecular complexity index is 953. The molecule has 3 aromatic rings. The maximum absolute atomic E-state index is 13.3. The van der Waals surface area contributed by atoms with Crippen LogP contribution in [0, 0.1) is 0 Å². The lowest BCUT2D eigenvalue weighted by Gasteiger charge is -2.24. The first-order valence-electron chi connectivity index (χ1n) is 8.87. The molecule has 136 valence electrons. The lowest BCUT2D eigenvalue weighted by Crippen LogP contribution is -2.26. The van der Waals surface area contributed by atoms with Crippen molar-refractivity contribution in [3.63, 3.8) is 0 Å². The van der Waals surface area contributed by atoms with Gasteiger partial charge in [-0.15, -0.1) is 0 Å². The van der Waals surface area contributed by atoms with Crippen LogP contribution in [0.5, 0.6) is 11.5 Å². The van der Waals surface area contributed by atoms with Crippen LogP contribution in [-0.2, 0) is 0 Å². The Morgan fingerprint density at radius 3 is 2.44 bits per heavy atom. The summed E-state index contributed by atoms with van der Waals surface area (Å²) in [4.78, 5) is 19.0. The molecule has 27 heavy (non-hydrogen) atoms. The molecule has 0 N–H and O–H groups in total. The third-order valence-electron chi connectivity index (χ3n) is 4.54. The number of hydrogen-bond donors (Lipinski definition) is 0. The van der Waals surface area contributed by atoms with E-state index in [2.05, 4.69) is 31.0 Å². The van der Waals surface area contributed by atoms with Gasteiger partial charge in [0.2, 0.25) is 6.79 Å². The number of anilines is 2. The molecule has 0 spiro atoms. The number of amides is 1. The normalized spacial score (nSPS) is 12.3. The molecule has 1 aliphatic heterocycles. The van der Waals surface area contributed by atoms with Gasteiger partial charge in [-0.2, -0.15) is 0 Å². The lowest BCUT2D eigenvalue weighted by atomic mass is 10.0. The predicted octanol–water partition coefficient (Wildman–Crippen LogP) is 4.91. The van der Waals surface area contributed by atoms with Gasteiger partial charge >= 0.3 is 0 Å². The van der Waals surface area contributed by atoms with Crippen molar-refractivity contribution >= 4 is 17.3 Å². The topological polar surface area (TPSA) is 51.7 Å². The van der Waals surface area contributed by atoms with Crippen LogP contribution in [0.3, 0.4) is 0 Å². The van der Waals surface area contributed by atoms with Gasteiger partial charge in [0.15, 0.2) is 11.5 Å². The van der Waals surface area contributed by atoms with Gasteiger partial charge < -0.3 is 9.47 Å². The van der Waals surface area contributed by atoms with Crippen molar-refractivity contribution in [3.05, 3.63) is 78.1 Å². The molecule has 1 aliphatic rings. The monoisotopic (exact) mass is 360 g/mol. The maximum Gasteiger partial charge on any atom is 0.264 e. The first-order chi connectivity index (χ1) is 13.1. The van der Waals surface area contributed by atoms with Crippen molar-refractivity contribution < 1.29 is 14.3 Å². The van der Waals surface area contributed by atoms with Crippen molar-refractivity contribution in [2.75, 3.05) is 11.7 Å². The van der Waals surface area contributed by atoms with Crippen LogP contribution in [0.15, 0.2) is 67.0 Å². The third-order valence-corrected chi connectivity index (χ3v) is 4.54. The minimum atomic E-state index is -0.153. The summed E-state index contributed by atoms with van der Waals surface area (Å²) >= 11 is 0. The minimum absolute atomic E-state index is 0.153. The number of carbonyl (C=O) groups is 1. The van der Waals surface area contributed by atoms with Crippen molar-refractivity contribution in [3.8, 4) is 11.5 Å². The molecule has 0 saturated heterocycles. The quantitative estimate of drug-likeness (QED) is 0.663. The lowest BCUT2D eigenvalue weighted by molar-refractivity contribution is 0.0999. The molecule has 1 aromatic heterocycles. The fourth-order valence-corrected chi connectivity index (χ4v) is 3.03. The van der Waals surface area contributed by atoms with Crippen LogP contribution < -0.4 is 14.4 Å². The van der Waals surface area contributed by atoms with Gasteiger partial charge in [-0.3, -0.25) is 14.7 Å². The van der Waals surface area contributed by atoms with Crippen molar-refractivity contribution in [1.82, 2.24) is 4.98 Å². The van der Waals surface area contributed by atoms with Crippen LogP contribution in [0.25, 0.3) is 0 Å². The molecule has 5 nitrogen and oxygen atoms in total. The molecule has 0 bridgehead atoms. The van der Waals surface area contributed by atoms with Crippen LogP contribution in [0.2, 0.25) is 0 Å². The Morgan fingerprint density at radius 1 is 1.00 bits per heavy atom. The summed E-state index contributed by atoms with van der Waals surface area (Å²) in [6, 6.07) is 17.1. The van der Waals surface area contributed by atoms with Crippen molar-refractivity contribution in [2.45, 2.75) is 19.8 Å². The molecule has 0 radical (unpaired) electrons. The van der Waals surface area contributed by atoms with Crippen molar-refractivity contribution in [2.24, 2.45) is 0 Å². The SMILES string of the molecule is CC(C)c1ccc(N(C(=O)c2cccnc2)c2ccc3c(c2)OCO3)cc1. The summed E-state index contributed by atoms with van der Waals surface area (Å²) in [6.07, 6.45) is 3.23. The van der Waals surface area contributed by atoms with E-state index in [1.165, 1.54) is 5.56 Å². The largest absolute Gasteiger partial charge is 0.454 e. The van der Waals surface area contributed by atoms with Gasteiger partial charge in [0.05, 0.1) is 11.3 Å². The molecular formula is C22H20N2O3. The number of ether oxygens (including phenoxy) is 2. The summed E-state index contributed by atoms with van der Waals surface area (Å²) in [6.45, 7) is 4.48. The number of hydrogen-bond acceptors (Lipinski definition) is 4. The fraction of sp³-hybridized carbons (Fsp3) is 0.182. The van der Waals surface area contributed by atoms with Gasteiger partial charge in [0.1, 0.15) is 0 Å². The Morgan fingerprint density at radius 2 is 1.74 bits per heavy atom. The summed E-state index contributed by atoms with van der Waals surface area (Å²) in [5, 5.41) is 0. The number of aromatic nitrogens is 1. The van der Waals surface area contributed by atoms with Crippen LogP contribution in [0.4, 0.5) is 11.4 Å². The van der Waals surface area contributed by atoms with E-state index in [4.69, 9.17) is 9.47 Å². The van der Waals surface area contributed by atoms with E-state index >= 15 is 0 Å². The second-order valence-electron chi connectivity index (χ2n) is 6.67. The summed E-state index contributed by atoms with van der Waals surface area (Å²) in [7, 11) is 0. The molecule has 0 aliphatic carbocycles. The van der Waals surface area contributed by atoms with Crippen LogP contribution in [-0.4, -0.2) is 17.7 Å². The molecular weight excluding hydrogens is 340 g/mol. The van der Waals surface area contributed by atoms with E-state index in [9.17, 15) is 4.79 Å². The number of pyridine rings is 1. The Labute approximate surface area is 158 Å². The number of carbonyl (C=O) groups excluding carboxylic acids is 1. The summed E-state index contributed by atoms with van der Waals surface area (Å²) < 4.78 is 10.9. The third kappa shape index (κ3) is 3.36. The Hall–Kier alpha value is -3.34. The molecule has 2 heterocycles. The Balaban J connectivity index is 1.78. The second kappa shape index (κ2) is 7.11. The van der Waals surface area contributed by atoms with E-state index in [-0.39, 0.29) is 12.7 Å². The van der Waals surface area contributed by atoms with Crippen LogP contribution >= 0.6 is 0 Å². The molecule has 4 rings (SSSR count). The maximum atomic E-state index is 13.3. The fourth-order valence-electron chi connectivity index (χ4n) is 3.03. The van der Waals surface area contributed by atoms with Gasteiger partial charge in [0, 0.05) is 24.1 Å². The average Bonchev–Trinajstić information content (AvgIpc) is 3.17. The van der Waals surface area contributed by atoms with Gasteiger partial charge in [-0.25, -0.2) is 0 Å². The van der Waals surface area contributed by atoms with E-state index < -0.39 is 0 Å². The number of rotatable bonds is 4. The summed E-state index contributed by atoms with van der Waals surface area (Å²) in [5.41, 5.74) is 3.24. The van der Waals surface area contributed by atoms with Gasteiger partial charge in [-0.05, 0) is 47.9 Å². The van der Waals surface area contributed by atoms with Gasteiger partial charge in [-0.1, -0.05) is 26.0 Å². The van der Waals surface area contributed by atoms with Gasteiger partial charge in [0.25, 0.3) is 5.91 Å². The molecule has 0 saturated carbocycles. The predicted molar refractivity (Wildman–Crippen MR) is 104 cm³/mol. The highest BCUT2D eigenvalue weighted by molar-refractivity contribution is 6.10. The number of nitrogens with zero attached hydrogens (tertiary/aromatic N) is 2. The highest BCUT2D eigenvalue weighted by Crippen LogP contribution is 2.38. The molecule has 0 atom stereocenters. The highest BCUT2D eigenvalue weighted by Gasteiger charge is 2.23. The first kappa shape index (κ1) is 17.1. The van der Waals surface area contributed by atoms with E-state index in [0.717, 1.165) is 5.69 Å². The standard InChI is InChI=1S/C22H20N2O3/c1-15(2)16-5-7-18(8-6-16)24(22(25)17-4-3-11-23-13-17)19-9-10-20-21(12-19)27-14-26-20/h3-13,15H,14H2,1-2H3. The smallest absolute Gasteiger partial charge is 0.264 e. The van der Waals surface area contributed by atoms with E-state index in [1.807, 2.05) is 30.3 Å². The molecule has 1 amide bonds. The average molecular weight is 360 g/mol. The zero-order valence-corrected chi connectivity index (χ0v) is 15.3. The molecule has 0 unspecified atom stereocenters. The number of benzene rings is 2. The Kier molecular flexibility index (Phi) is 4.50. The van der Waals surface area contributed by atoms with E-state index in [0.29, 0.717) is 28.7 Å². The first-order valence-corrected chi connectivity index (χ1v) is 8.87. The van der Waals surface area contributed by atoms with E-state index in [1.54, 1.807) is 29.4 Å². The second-order valence-corrected chi connectivity index (χ2v) is 6.67. The molecule has 5 heteroatoms. The molecule has 0 fully saturated rings. The highest BCUT2D eigenvalue weighted by atomic mass is 16.7. The minimum Gasteiger partial charge on any atom is -0.454 e. The zero-order valence-electron chi connectivity index (χ0n) is 15.3.